The average Bonchev–Trinajstić information content (AvgIpc) is 2.58. The fraction of sp³-hybridized carbons (Fsp3) is 0.231. The number of rotatable bonds is 2. The summed E-state index contributed by atoms with van der Waals surface area (Å²) in [5.74, 6) is 0. The van der Waals surface area contributed by atoms with Crippen LogP contribution in [-0.2, 0) is 0 Å². The van der Waals surface area contributed by atoms with E-state index in [0.29, 0.717) is 5.02 Å². The van der Waals surface area contributed by atoms with Crippen molar-refractivity contribution in [3.8, 4) is 0 Å². The van der Waals surface area contributed by atoms with Crippen LogP contribution in [0, 0.1) is 13.8 Å². The summed E-state index contributed by atoms with van der Waals surface area (Å²) in [6, 6.07) is 9.50. The van der Waals surface area contributed by atoms with Crippen LogP contribution in [0.5, 0.6) is 0 Å². The van der Waals surface area contributed by atoms with Gasteiger partial charge in [0.25, 0.3) is 0 Å². The van der Waals surface area contributed by atoms with Gasteiger partial charge < -0.3 is 5.11 Å². The fourth-order valence-corrected chi connectivity index (χ4v) is 3.05. The lowest BCUT2D eigenvalue weighted by Crippen LogP contribution is -1.99. The molecule has 0 radical (unpaired) electrons. The van der Waals surface area contributed by atoms with E-state index in [2.05, 4.69) is 6.07 Å². The molecule has 0 aliphatic rings. The van der Waals surface area contributed by atoms with Gasteiger partial charge >= 0.3 is 0 Å². The molecule has 1 nitrogen and oxygen atoms in total. The molecule has 0 spiro atoms. The van der Waals surface area contributed by atoms with Gasteiger partial charge in [0.1, 0.15) is 6.10 Å². The third-order valence-corrected chi connectivity index (χ3v) is 4.08. The molecule has 0 fully saturated rings. The lowest BCUT2D eigenvalue weighted by atomic mass is 10.1. The molecule has 1 atom stereocenters. The maximum absolute atomic E-state index is 10.3. The monoisotopic (exact) mass is 252 g/mol. The first-order valence-corrected chi connectivity index (χ1v) is 6.28. The Hall–Kier alpha value is -0.830. The van der Waals surface area contributed by atoms with Crippen LogP contribution in [0.3, 0.4) is 0 Å². The molecule has 0 aliphatic carbocycles. The molecule has 0 saturated carbocycles. The second-order valence-corrected chi connectivity index (χ2v) is 5.52. The third-order valence-electron chi connectivity index (χ3n) is 2.53. The lowest BCUT2D eigenvalue weighted by Gasteiger charge is -2.11. The maximum Gasteiger partial charge on any atom is 0.115 e. The number of aliphatic hydroxyl groups excluding tert-OH is 1. The van der Waals surface area contributed by atoms with Crippen molar-refractivity contribution in [2.75, 3.05) is 0 Å². The highest BCUT2D eigenvalue weighted by atomic mass is 35.5. The van der Waals surface area contributed by atoms with Gasteiger partial charge in [-0.3, -0.25) is 0 Å². The lowest BCUT2D eigenvalue weighted by molar-refractivity contribution is 0.223. The van der Waals surface area contributed by atoms with E-state index in [1.165, 1.54) is 4.88 Å². The van der Waals surface area contributed by atoms with E-state index in [1.807, 2.05) is 32.0 Å². The summed E-state index contributed by atoms with van der Waals surface area (Å²) in [6.45, 7) is 4.05. The SMILES string of the molecule is Cc1cc(C)c(C(O)c2ccccc2Cl)s1. The summed E-state index contributed by atoms with van der Waals surface area (Å²) < 4.78 is 0. The molecule has 1 aromatic carbocycles. The minimum Gasteiger partial charge on any atom is -0.383 e. The molecule has 1 unspecified atom stereocenters. The van der Waals surface area contributed by atoms with Gasteiger partial charge in [-0.2, -0.15) is 0 Å². The van der Waals surface area contributed by atoms with Crippen molar-refractivity contribution < 1.29 is 5.11 Å². The van der Waals surface area contributed by atoms with Crippen molar-refractivity contribution in [3.05, 3.63) is 56.2 Å². The van der Waals surface area contributed by atoms with Gasteiger partial charge in [0.2, 0.25) is 0 Å². The zero-order chi connectivity index (χ0) is 11.7. The summed E-state index contributed by atoms with van der Waals surface area (Å²) in [6.07, 6.45) is -0.618. The number of hydrogen-bond donors (Lipinski definition) is 1. The van der Waals surface area contributed by atoms with Crippen molar-refractivity contribution in [3.63, 3.8) is 0 Å². The van der Waals surface area contributed by atoms with Crippen molar-refractivity contribution in [1.29, 1.82) is 0 Å². The Labute approximate surface area is 104 Å². The average molecular weight is 253 g/mol. The van der Waals surface area contributed by atoms with Gasteiger partial charge in [0.15, 0.2) is 0 Å². The van der Waals surface area contributed by atoms with Crippen LogP contribution in [-0.4, -0.2) is 5.11 Å². The molecule has 84 valence electrons. The van der Waals surface area contributed by atoms with Gasteiger partial charge in [-0.15, -0.1) is 11.3 Å². The predicted octanol–water partition coefficient (Wildman–Crippen LogP) is 4.10. The van der Waals surface area contributed by atoms with E-state index < -0.39 is 6.10 Å². The molecule has 1 N–H and O–H groups in total. The van der Waals surface area contributed by atoms with Crippen LogP contribution in [0.25, 0.3) is 0 Å². The van der Waals surface area contributed by atoms with E-state index in [0.717, 1.165) is 16.0 Å². The first-order valence-electron chi connectivity index (χ1n) is 5.09. The Balaban J connectivity index is 2.43. The number of aryl methyl sites for hydroxylation is 2. The Kier molecular flexibility index (Phi) is 3.33. The summed E-state index contributed by atoms with van der Waals surface area (Å²) in [7, 11) is 0. The second kappa shape index (κ2) is 4.58. The molecule has 16 heavy (non-hydrogen) atoms. The zero-order valence-electron chi connectivity index (χ0n) is 9.20. The highest BCUT2D eigenvalue weighted by Gasteiger charge is 2.17. The molecule has 0 amide bonds. The molecule has 0 bridgehead atoms. The van der Waals surface area contributed by atoms with E-state index in [1.54, 1.807) is 17.4 Å². The quantitative estimate of drug-likeness (QED) is 0.853. The third kappa shape index (κ3) is 2.14. The smallest absolute Gasteiger partial charge is 0.115 e. The number of benzene rings is 1. The maximum atomic E-state index is 10.3. The van der Waals surface area contributed by atoms with Crippen molar-refractivity contribution in [1.82, 2.24) is 0 Å². The molecule has 1 heterocycles. The molecular weight excluding hydrogens is 240 g/mol. The van der Waals surface area contributed by atoms with Crippen LogP contribution in [0.1, 0.15) is 27.0 Å². The van der Waals surface area contributed by atoms with Crippen molar-refractivity contribution in [2.24, 2.45) is 0 Å². The van der Waals surface area contributed by atoms with Gasteiger partial charge in [-0.05, 0) is 31.5 Å². The van der Waals surface area contributed by atoms with Crippen LogP contribution in [0.2, 0.25) is 5.02 Å². The molecule has 0 aliphatic heterocycles. The van der Waals surface area contributed by atoms with Gasteiger partial charge in [0, 0.05) is 20.3 Å². The van der Waals surface area contributed by atoms with Crippen LogP contribution in [0.15, 0.2) is 30.3 Å². The molecular formula is C13H13ClOS. The molecule has 2 aromatic rings. The Morgan fingerprint density at radius 2 is 1.94 bits per heavy atom. The van der Waals surface area contributed by atoms with E-state index in [-0.39, 0.29) is 0 Å². The zero-order valence-corrected chi connectivity index (χ0v) is 10.8. The first-order chi connectivity index (χ1) is 7.59. The Morgan fingerprint density at radius 1 is 1.25 bits per heavy atom. The standard InChI is InChI=1S/C13H13ClOS/c1-8-7-9(2)16-13(8)12(15)10-5-3-4-6-11(10)14/h3-7,12,15H,1-2H3. The van der Waals surface area contributed by atoms with Crippen LogP contribution in [0.4, 0.5) is 0 Å². The van der Waals surface area contributed by atoms with E-state index in [9.17, 15) is 5.11 Å². The minimum atomic E-state index is -0.618. The van der Waals surface area contributed by atoms with E-state index in [4.69, 9.17) is 11.6 Å². The van der Waals surface area contributed by atoms with E-state index >= 15 is 0 Å². The second-order valence-electron chi connectivity index (χ2n) is 3.83. The molecule has 0 saturated heterocycles. The van der Waals surface area contributed by atoms with Crippen molar-refractivity contribution >= 4 is 22.9 Å². The summed E-state index contributed by atoms with van der Waals surface area (Å²) in [5.41, 5.74) is 1.89. The number of aliphatic hydroxyl groups is 1. The van der Waals surface area contributed by atoms with Crippen LogP contribution < -0.4 is 0 Å². The fourth-order valence-electron chi connectivity index (χ4n) is 1.77. The Morgan fingerprint density at radius 3 is 2.50 bits per heavy atom. The van der Waals surface area contributed by atoms with Gasteiger partial charge in [0.05, 0.1) is 0 Å². The summed E-state index contributed by atoms with van der Waals surface area (Å²) in [5, 5.41) is 10.9. The highest BCUT2D eigenvalue weighted by molar-refractivity contribution is 7.12. The predicted molar refractivity (Wildman–Crippen MR) is 69.3 cm³/mol. The highest BCUT2D eigenvalue weighted by Crippen LogP contribution is 2.34. The summed E-state index contributed by atoms with van der Waals surface area (Å²) in [4.78, 5) is 2.18. The Bertz CT molecular complexity index is 504. The molecule has 2 rings (SSSR count). The largest absolute Gasteiger partial charge is 0.383 e. The normalized spacial score (nSPS) is 12.8. The van der Waals surface area contributed by atoms with Gasteiger partial charge in [-0.1, -0.05) is 29.8 Å². The molecule has 1 aromatic heterocycles. The molecule has 3 heteroatoms. The number of halogens is 1. The summed E-state index contributed by atoms with van der Waals surface area (Å²) >= 11 is 7.69. The minimum absolute atomic E-state index is 0.612. The number of thiophene rings is 1. The van der Waals surface area contributed by atoms with Crippen molar-refractivity contribution in [2.45, 2.75) is 20.0 Å². The van der Waals surface area contributed by atoms with Crippen LogP contribution >= 0.6 is 22.9 Å². The topological polar surface area (TPSA) is 20.2 Å². The van der Waals surface area contributed by atoms with Gasteiger partial charge in [-0.25, -0.2) is 0 Å². The number of hydrogen-bond acceptors (Lipinski definition) is 2. The first kappa shape index (κ1) is 11.6.